The summed E-state index contributed by atoms with van der Waals surface area (Å²) in [5.74, 6) is 0.153. The van der Waals surface area contributed by atoms with Crippen LogP contribution in [0.2, 0.25) is 0 Å². The lowest BCUT2D eigenvalue weighted by atomic mass is 9.92. The van der Waals surface area contributed by atoms with E-state index in [4.69, 9.17) is 0 Å². The van der Waals surface area contributed by atoms with Crippen LogP contribution >= 0.6 is 0 Å². The summed E-state index contributed by atoms with van der Waals surface area (Å²) in [4.78, 5) is 26.2. The van der Waals surface area contributed by atoms with E-state index in [2.05, 4.69) is 48.5 Å². The van der Waals surface area contributed by atoms with Gasteiger partial charge in [0.2, 0.25) is 0 Å². The van der Waals surface area contributed by atoms with Crippen molar-refractivity contribution in [2.45, 2.75) is 25.7 Å². The zero-order chi connectivity index (χ0) is 29.0. The lowest BCUT2D eigenvalue weighted by Gasteiger charge is -2.12. The van der Waals surface area contributed by atoms with E-state index < -0.39 is 0 Å². The van der Waals surface area contributed by atoms with Crippen LogP contribution in [-0.4, -0.2) is 11.6 Å². The summed E-state index contributed by atoms with van der Waals surface area (Å²) in [5, 5.41) is 0. The smallest absolute Gasteiger partial charge is 0.160 e. The average molecular weight is 547 g/mol. The molecule has 0 fully saturated rings. The van der Waals surface area contributed by atoms with Gasteiger partial charge in [0.05, 0.1) is 0 Å². The molecule has 2 heteroatoms. The van der Waals surface area contributed by atoms with Crippen molar-refractivity contribution in [3.63, 3.8) is 0 Å². The number of rotatable bonds is 12. The molecule has 0 atom stereocenters. The van der Waals surface area contributed by atoms with Crippen LogP contribution < -0.4 is 0 Å². The molecule has 0 saturated carbocycles. The maximum absolute atomic E-state index is 13.1. The fraction of sp³-hybridized carbons (Fsp3) is 0.100. The molecule has 42 heavy (non-hydrogen) atoms. The van der Waals surface area contributed by atoms with E-state index in [1.54, 1.807) is 12.2 Å². The predicted molar refractivity (Wildman–Crippen MR) is 173 cm³/mol. The maximum atomic E-state index is 13.1. The molecule has 0 spiro atoms. The molecule has 0 bridgehead atoms. The Morgan fingerprint density at radius 2 is 0.619 bits per heavy atom. The summed E-state index contributed by atoms with van der Waals surface area (Å²) in [7, 11) is 0. The first-order valence-electron chi connectivity index (χ1n) is 14.4. The van der Waals surface area contributed by atoms with Gasteiger partial charge >= 0.3 is 0 Å². The summed E-state index contributed by atoms with van der Waals surface area (Å²) >= 11 is 0. The fourth-order valence-electron chi connectivity index (χ4n) is 5.09. The van der Waals surface area contributed by atoms with Crippen LogP contribution in [0.5, 0.6) is 0 Å². The largest absolute Gasteiger partial charge is 0.294 e. The lowest BCUT2D eigenvalue weighted by Crippen LogP contribution is -2.03. The molecule has 0 unspecified atom stereocenters. The Morgan fingerprint density at radius 3 is 0.905 bits per heavy atom. The highest BCUT2D eigenvalue weighted by Crippen LogP contribution is 2.26. The normalized spacial score (nSPS) is 11.7. The molecule has 2 nitrogen and oxygen atoms in total. The van der Waals surface area contributed by atoms with Crippen molar-refractivity contribution in [3.05, 3.63) is 191 Å². The van der Waals surface area contributed by atoms with Gasteiger partial charge in [-0.3, -0.25) is 9.59 Å². The quantitative estimate of drug-likeness (QED) is 0.147. The second-order valence-electron chi connectivity index (χ2n) is 10.5. The van der Waals surface area contributed by atoms with Crippen molar-refractivity contribution in [1.29, 1.82) is 0 Å². The second-order valence-corrected chi connectivity index (χ2v) is 10.5. The number of carbonyl (C=O) groups is 2. The third-order valence-corrected chi connectivity index (χ3v) is 7.21. The van der Waals surface area contributed by atoms with E-state index in [-0.39, 0.29) is 11.6 Å². The third kappa shape index (κ3) is 8.46. The minimum atomic E-state index is 0.0763. The standard InChI is InChI=1S/C40H34O2/c41-39(27-33-17-9-3-10-18-33)29-37(25-31-13-5-1-6-14-31)35-21-23-36(24-22-35)38(26-32-15-7-2-8-16-32)30-40(42)28-34-19-11-4-12-20-34/h1-24,29-30H,25-28H2/b37-29+,38-30+. The molecule has 206 valence electrons. The average Bonchev–Trinajstić information content (AvgIpc) is 3.02. The highest BCUT2D eigenvalue weighted by molar-refractivity contribution is 5.99. The zero-order valence-corrected chi connectivity index (χ0v) is 23.7. The molecule has 0 N–H and O–H groups in total. The summed E-state index contributed by atoms with van der Waals surface area (Å²) in [5.41, 5.74) is 8.25. The highest BCUT2D eigenvalue weighted by atomic mass is 16.1. The Morgan fingerprint density at radius 1 is 0.357 bits per heavy atom. The second kappa shape index (κ2) is 14.5. The molecule has 5 aromatic rings. The predicted octanol–water partition coefficient (Wildman–Crippen LogP) is 8.56. The van der Waals surface area contributed by atoms with Gasteiger partial charge in [-0.15, -0.1) is 0 Å². The maximum Gasteiger partial charge on any atom is 0.160 e. The summed E-state index contributed by atoms with van der Waals surface area (Å²) in [6.07, 6.45) is 5.62. The molecular weight excluding hydrogens is 512 g/mol. The highest BCUT2D eigenvalue weighted by Gasteiger charge is 2.11. The summed E-state index contributed by atoms with van der Waals surface area (Å²) in [6, 6.07) is 48.4. The van der Waals surface area contributed by atoms with Crippen LogP contribution in [0, 0.1) is 0 Å². The van der Waals surface area contributed by atoms with E-state index >= 15 is 0 Å². The van der Waals surface area contributed by atoms with E-state index in [1.807, 2.05) is 97.1 Å². The monoisotopic (exact) mass is 546 g/mol. The van der Waals surface area contributed by atoms with Crippen molar-refractivity contribution in [1.82, 2.24) is 0 Å². The van der Waals surface area contributed by atoms with Crippen molar-refractivity contribution in [2.24, 2.45) is 0 Å². The number of carbonyl (C=O) groups excluding carboxylic acids is 2. The zero-order valence-electron chi connectivity index (χ0n) is 23.7. The number of allylic oxidation sites excluding steroid dienone is 4. The Labute approximate surface area is 248 Å². The van der Waals surface area contributed by atoms with Gasteiger partial charge in [0.15, 0.2) is 11.6 Å². The molecule has 0 aromatic heterocycles. The Bertz CT molecular complexity index is 1520. The minimum Gasteiger partial charge on any atom is -0.294 e. The molecule has 5 aromatic carbocycles. The van der Waals surface area contributed by atoms with E-state index in [9.17, 15) is 9.59 Å². The van der Waals surface area contributed by atoms with E-state index in [0.29, 0.717) is 25.7 Å². The molecular formula is C40H34O2. The first kappa shape index (κ1) is 28.4. The number of benzene rings is 5. The Kier molecular flexibility index (Phi) is 9.84. The topological polar surface area (TPSA) is 34.1 Å². The molecule has 5 rings (SSSR count). The van der Waals surface area contributed by atoms with Crippen molar-refractivity contribution >= 4 is 22.7 Å². The first-order valence-corrected chi connectivity index (χ1v) is 14.4. The lowest BCUT2D eigenvalue weighted by molar-refractivity contribution is -0.114. The van der Waals surface area contributed by atoms with Crippen molar-refractivity contribution in [3.8, 4) is 0 Å². The Hall–Kier alpha value is -5.08. The van der Waals surface area contributed by atoms with Crippen LogP contribution in [0.3, 0.4) is 0 Å². The number of hydrogen-bond acceptors (Lipinski definition) is 2. The van der Waals surface area contributed by atoms with Gasteiger partial charge in [-0.05, 0) is 69.5 Å². The van der Waals surface area contributed by atoms with Gasteiger partial charge in [0, 0.05) is 12.8 Å². The fourth-order valence-corrected chi connectivity index (χ4v) is 5.09. The van der Waals surface area contributed by atoms with Crippen LogP contribution in [0.1, 0.15) is 33.4 Å². The van der Waals surface area contributed by atoms with Crippen molar-refractivity contribution in [2.75, 3.05) is 0 Å². The van der Waals surface area contributed by atoms with Gasteiger partial charge < -0.3 is 0 Å². The molecule has 0 aliphatic rings. The van der Waals surface area contributed by atoms with Crippen molar-refractivity contribution < 1.29 is 9.59 Å². The minimum absolute atomic E-state index is 0.0763. The van der Waals surface area contributed by atoms with E-state index in [0.717, 1.165) is 44.5 Å². The van der Waals surface area contributed by atoms with E-state index in [1.165, 1.54) is 0 Å². The molecule has 0 saturated heterocycles. The van der Waals surface area contributed by atoms with Crippen LogP contribution in [0.25, 0.3) is 11.1 Å². The summed E-state index contributed by atoms with van der Waals surface area (Å²) in [6.45, 7) is 0. The van der Waals surface area contributed by atoms with Crippen LogP contribution in [0.4, 0.5) is 0 Å². The van der Waals surface area contributed by atoms with Crippen LogP contribution in [0.15, 0.2) is 158 Å². The molecule has 0 heterocycles. The van der Waals surface area contributed by atoms with Gasteiger partial charge in [-0.1, -0.05) is 146 Å². The third-order valence-electron chi connectivity index (χ3n) is 7.21. The number of ketones is 2. The van der Waals surface area contributed by atoms with Crippen LogP contribution in [-0.2, 0) is 35.3 Å². The molecule has 0 radical (unpaired) electrons. The summed E-state index contributed by atoms with van der Waals surface area (Å²) < 4.78 is 0. The molecule has 0 aliphatic heterocycles. The first-order chi connectivity index (χ1) is 20.6. The van der Waals surface area contributed by atoms with Gasteiger partial charge in [-0.2, -0.15) is 0 Å². The van der Waals surface area contributed by atoms with Gasteiger partial charge in [-0.25, -0.2) is 0 Å². The SMILES string of the molecule is O=C(/C=C(\Cc1ccccc1)c1ccc(/C(=C/C(=O)Cc2ccccc2)Cc2ccccc2)cc1)Cc1ccccc1. The van der Waals surface area contributed by atoms with Gasteiger partial charge in [0.1, 0.15) is 0 Å². The number of hydrogen-bond donors (Lipinski definition) is 0. The van der Waals surface area contributed by atoms with Gasteiger partial charge in [0.25, 0.3) is 0 Å². The Balaban J connectivity index is 1.43. The molecule has 0 aliphatic carbocycles. The molecule has 0 amide bonds.